The molecule has 1 aromatic carbocycles. The Kier molecular flexibility index (Phi) is 3.98. The summed E-state index contributed by atoms with van der Waals surface area (Å²) in [6.07, 6.45) is 2.66. The molecule has 2 aliphatic rings. The molecule has 0 unspecified atom stereocenters. The monoisotopic (exact) mass is 326 g/mol. The number of para-hydroxylation sites is 1. The molecule has 4 rings (SSSR count). The number of carbonyl (C=O) groups excluding carboxylic acids is 1. The van der Waals surface area contributed by atoms with Crippen LogP contribution in [0.5, 0.6) is 0 Å². The third-order valence-electron chi connectivity index (χ3n) is 5.33. The molecule has 1 amide bonds. The Morgan fingerprint density at radius 3 is 2.79 bits per heavy atom. The highest BCUT2D eigenvalue weighted by molar-refractivity contribution is 5.95. The minimum absolute atomic E-state index is 0.0408. The summed E-state index contributed by atoms with van der Waals surface area (Å²) in [6, 6.07) is 11.5. The first-order valence-electron chi connectivity index (χ1n) is 8.65. The number of ether oxygens (including phenoxy) is 1. The van der Waals surface area contributed by atoms with Crippen LogP contribution in [-0.4, -0.2) is 52.3 Å². The molecule has 126 valence electrons. The molecule has 0 aliphatic carbocycles. The number of pyridine rings is 1. The van der Waals surface area contributed by atoms with Gasteiger partial charge in [-0.25, -0.2) is 4.98 Å². The molecule has 2 aromatic rings. The van der Waals surface area contributed by atoms with Gasteiger partial charge >= 0.3 is 0 Å². The number of carbonyl (C=O) groups is 1. The van der Waals surface area contributed by atoms with E-state index in [1.54, 1.807) is 6.07 Å². The van der Waals surface area contributed by atoms with Crippen molar-refractivity contribution < 1.29 is 14.6 Å². The normalized spacial score (nSPS) is 23.5. The van der Waals surface area contributed by atoms with E-state index in [0.717, 1.165) is 23.7 Å². The van der Waals surface area contributed by atoms with Crippen molar-refractivity contribution in [3.05, 3.63) is 42.1 Å². The molecular formula is C19H22N2O3. The summed E-state index contributed by atoms with van der Waals surface area (Å²) in [5.74, 6) is -0.0408. The van der Waals surface area contributed by atoms with Gasteiger partial charge in [0.1, 0.15) is 5.69 Å². The smallest absolute Gasteiger partial charge is 0.272 e. The molecule has 1 spiro atoms. The van der Waals surface area contributed by atoms with Crippen molar-refractivity contribution in [1.29, 1.82) is 0 Å². The van der Waals surface area contributed by atoms with E-state index in [1.165, 1.54) is 0 Å². The molecule has 2 aliphatic heterocycles. The third kappa shape index (κ3) is 2.68. The summed E-state index contributed by atoms with van der Waals surface area (Å²) in [4.78, 5) is 19.1. The van der Waals surface area contributed by atoms with E-state index in [9.17, 15) is 9.90 Å². The number of hydrogen-bond acceptors (Lipinski definition) is 4. The van der Waals surface area contributed by atoms with Gasteiger partial charge in [-0.15, -0.1) is 0 Å². The fourth-order valence-corrected chi connectivity index (χ4v) is 3.82. The molecule has 24 heavy (non-hydrogen) atoms. The zero-order valence-electron chi connectivity index (χ0n) is 13.6. The number of aliphatic hydroxyl groups excluding tert-OH is 1. The number of aliphatic hydroxyl groups is 1. The highest BCUT2D eigenvalue weighted by Gasteiger charge is 2.44. The lowest BCUT2D eigenvalue weighted by Crippen LogP contribution is -2.56. The second kappa shape index (κ2) is 6.15. The number of amides is 1. The predicted molar refractivity (Wildman–Crippen MR) is 90.8 cm³/mol. The average Bonchev–Trinajstić information content (AvgIpc) is 2.64. The Morgan fingerprint density at radius 2 is 2.00 bits per heavy atom. The van der Waals surface area contributed by atoms with Crippen LogP contribution in [0.25, 0.3) is 10.9 Å². The van der Waals surface area contributed by atoms with Gasteiger partial charge in [-0.2, -0.15) is 0 Å². The van der Waals surface area contributed by atoms with E-state index >= 15 is 0 Å². The number of rotatable bonds is 1. The Bertz CT molecular complexity index is 753. The standard InChI is InChI=1S/C19H22N2O3/c22-17-6-3-13-24-19(17)9-11-21(12-10-19)18(23)16-8-7-14-4-1-2-5-15(14)20-16/h1-2,4-5,7-8,17,22H,3,6,9-13H2/t17-/m0/s1. The van der Waals surface area contributed by atoms with Crippen LogP contribution >= 0.6 is 0 Å². The maximum absolute atomic E-state index is 12.8. The lowest BCUT2D eigenvalue weighted by molar-refractivity contribution is -0.174. The zero-order valence-corrected chi connectivity index (χ0v) is 13.6. The van der Waals surface area contributed by atoms with Crippen molar-refractivity contribution >= 4 is 16.8 Å². The van der Waals surface area contributed by atoms with E-state index < -0.39 is 11.7 Å². The topological polar surface area (TPSA) is 62.7 Å². The quantitative estimate of drug-likeness (QED) is 0.874. The maximum atomic E-state index is 12.8. The Hall–Kier alpha value is -1.98. The van der Waals surface area contributed by atoms with Crippen molar-refractivity contribution in [2.75, 3.05) is 19.7 Å². The fraction of sp³-hybridized carbons (Fsp3) is 0.474. The SMILES string of the molecule is O=C(c1ccc2ccccc2n1)N1CCC2(CC1)OCCC[C@@H]2O. The summed E-state index contributed by atoms with van der Waals surface area (Å²) in [5, 5.41) is 11.3. The molecular weight excluding hydrogens is 304 g/mol. The van der Waals surface area contributed by atoms with Crippen LogP contribution in [0.4, 0.5) is 0 Å². The number of hydrogen-bond donors (Lipinski definition) is 1. The Labute approximate surface area is 141 Å². The number of nitrogens with zero attached hydrogens (tertiary/aromatic N) is 2. The summed E-state index contributed by atoms with van der Waals surface area (Å²) in [6.45, 7) is 1.91. The predicted octanol–water partition coefficient (Wildman–Crippen LogP) is 2.38. The van der Waals surface area contributed by atoms with Crippen LogP contribution in [-0.2, 0) is 4.74 Å². The first kappa shape index (κ1) is 15.5. The van der Waals surface area contributed by atoms with Crippen molar-refractivity contribution in [3.8, 4) is 0 Å². The van der Waals surface area contributed by atoms with Crippen LogP contribution in [0.15, 0.2) is 36.4 Å². The molecule has 2 fully saturated rings. The van der Waals surface area contributed by atoms with Crippen LogP contribution < -0.4 is 0 Å². The third-order valence-corrected chi connectivity index (χ3v) is 5.33. The van der Waals surface area contributed by atoms with Crippen molar-refractivity contribution in [2.24, 2.45) is 0 Å². The molecule has 2 saturated heterocycles. The minimum Gasteiger partial charge on any atom is -0.390 e. The van der Waals surface area contributed by atoms with Gasteiger partial charge < -0.3 is 14.7 Å². The minimum atomic E-state index is -0.453. The van der Waals surface area contributed by atoms with E-state index in [1.807, 2.05) is 35.2 Å². The van der Waals surface area contributed by atoms with Crippen LogP contribution in [0.2, 0.25) is 0 Å². The number of benzene rings is 1. The Morgan fingerprint density at radius 1 is 1.21 bits per heavy atom. The fourth-order valence-electron chi connectivity index (χ4n) is 3.82. The van der Waals surface area contributed by atoms with Crippen molar-refractivity contribution in [3.63, 3.8) is 0 Å². The average molecular weight is 326 g/mol. The highest BCUT2D eigenvalue weighted by atomic mass is 16.5. The lowest BCUT2D eigenvalue weighted by Gasteiger charge is -2.46. The van der Waals surface area contributed by atoms with Gasteiger partial charge in [-0.05, 0) is 37.8 Å². The van der Waals surface area contributed by atoms with E-state index in [2.05, 4.69) is 4.98 Å². The lowest BCUT2D eigenvalue weighted by atomic mass is 9.82. The van der Waals surface area contributed by atoms with Gasteiger partial charge in [-0.3, -0.25) is 4.79 Å². The van der Waals surface area contributed by atoms with Crippen LogP contribution in [0.3, 0.4) is 0 Å². The molecule has 5 heteroatoms. The maximum Gasteiger partial charge on any atom is 0.272 e. The highest BCUT2D eigenvalue weighted by Crippen LogP contribution is 2.35. The van der Waals surface area contributed by atoms with Gasteiger partial charge in [-0.1, -0.05) is 24.3 Å². The van der Waals surface area contributed by atoms with E-state index in [0.29, 0.717) is 38.2 Å². The van der Waals surface area contributed by atoms with E-state index in [4.69, 9.17) is 4.74 Å². The molecule has 0 saturated carbocycles. The zero-order chi connectivity index (χ0) is 16.6. The van der Waals surface area contributed by atoms with Gasteiger partial charge in [0.2, 0.25) is 0 Å². The molecule has 0 radical (unpaired) electrons. The van der Waals surface area contributed by atoms with Gasteiger partial charge in [0.15, 0.2) is 0 Å². The molecule has 5 nitrogen and oxygen atoms in total. The van der Waals surface area contributed by atoms with E-state index in [-0.39, 0.29) is 5.91 Å². The molecule has 3 heterocycles. The van der Waals surface area contributed by atoms with Gasteiger partial charge in [0, 0.05) is 25.1 Å². The first-order valence-corrected chi connectivity index (χ1v) is 8.65. The largest absolute Gasteiger partial charge is 0.390 e. The first-order chi connectivity index (χ1) is 11.7. The van der Waals surface area contributed by atoms with Crippen molar-refractivity contribution in [2.45, 2.75) is 37.4 Å². The molecule has 1 aromatic heterocycles. The van der Waals surface area contributed by atoms with Crippen molar-refractivity contribution in [1.82, 2.24) is 9.88 Å². The summed E-state index contributed by atoms with van der Waals surface area (Å²) < 4.78 is 5.91. The second-order valence-corrected chi connectivity index (χ2v) is 6.75. The summed E-state index contributed by atoms with van der Waals surface area (Å²) in [5.41, 5.74) is 0.865. The second-order valence-electron chi connectivity index (χ2n) is 6.75. The number of piperidine rings is 1. The molecule has 1 atom stereocenters. The van der Waals surface area contributed by atoms with Crippen LogP contribution in [0.1, 0.15) is 36.2 Å². The number of fused-ring (bicyclic) bond motifs is 1. The number of likely N-dealkylation sites (tertiary alicyclic amines) is 1. The van der Waals surface area contributed by atoms with Crippen LogP contribution in [0, 0.1) is 0 Å². The summed E-state index contributed by atoms with van der Waals surface area (Å²) in [7, 11) is 0. The van der Waals surface area contributed by atoms with Gasteiger partial charge in [0.05, 0.1) is 17.2 Å². The Balaban J connectivity index is 1.49. The van der Waals surface area contributed by atoms with Gasteiger partial charge in [0.25, 0.3) is 5.91 Å². The molecule has 1 N–H and O–H groups in total. The molecule has 0 bridgehead atoms. The summed E-state index contributed by atoms with van der Waals surface area (Å²) >= 11 is 0. The number of aromatic nitrogens is 1.